The number of hydrogen-bond acceptors (Lipinski definition) is 3. The molecule has 2 aromatic carbocycles. The maximum Gasteiger partial charge on any atom is 0.262 e. The van der Waals surface area contributed by atoms with Gasteiger partial charge in [-0.3, -0.25) is 4.72 Å². The van der Waals surface area contributed by atoms with E-state index < -0.39 is 15.8 Å². The van der Waals surface area contributed by atoms with Crippen molar-refractivity contribution in [1.82, 2.24) is 0 Å². The van der Waals surface area contributed by atoms with Crippen LogP contribution in [0.2, 0.25) is 10.0 Å². The summed E-state index contributed by atoms with van der Waals surface area (Å²) in [7, 11) is -4.07. The van der Waals surface area contributed by atoms with Crippen molar-refractivity contribution < 1.29 is 12.8 Å². The highest BCUT2D eigenvalue weighted by Crippen LogP contribution is 2.31. The maximum absolute atomic E-state index is 13.7. The van der Waals surface area contributed by atoms with Gasteiger partial charge in [0, 0.05) is 10.7 Å². The Balaban J connectivity index is 2.54. The quantitative estimate of drug-likeness (QED) is 0.828. The maximum atomic E-state index is 13.7. The number of nitrogens with two attached hydrogens (primary N) is 1. The molecule has 2 aromatic rings. The standard InChI is InChI=1S/C13H11Cl2FN2O2S/c1-7-11(17)5-8(14)6-12(7)21(19,20)18-13-9(15)3-2-4-10(13)16/h2-6,18H,17H2,1H3. The van der Waals surface area contributed by atoms with Gasteiger partial charge in [0.1, 0.15) is 11.5 Å². The van der Waals surface area contributed by atoms with Gasteiger partial charge in [-0.05, 0) is 36.8 Å². The predicted molar refractivity (Wildman–Crippen MR) is 82.8 cm³/mol. The Kier molecular flexibility index (Phi) is 4.32. The van der Waals surface area contributed by atoms with E-state index in [4.69, 9.17) is 28.9 Å². The highest BCUT2D eigenvalue weighted by molar-refractivity contribution is 7.92. The minimum Gasteiger partial charge on any atom is -0.398 e. The van der Waals surface area contributed by atoms with Gasteiger partial charge in [0.2, 0.25) is 0 Å². The van der Waals surface area contributed by atoms with Crippen molar-refractivity contribution in [2.45, 2.75) is 11.8 Å². The molecule has 0 fully saturated rings. The number of benzene rings is 2. The van der Waals surface area contributed by atoms with Crippen LogP contribution in [0.25, 0.3) is 0 Å². The molecule has 0 aromatic heterocycles. The molecule has 21 heavy (non-hydrogen) atoms. The number of hydrogen-bond donors (Lipinski definition) is 2. The first-order chi connectivity index (χ1) is 9.72. The molecular weight excluding hydrogens is 338 g/mol. The second-order valence-electron chi connectivity index (χ2n) is 4.32. The van der Waals surface area contributed by atoms with Gasteiger partial charge in [0.15, 0.2) is 0 Å². The average Bonchev–Trinajstić information content (AvgIpc) is 2.38. The molecular formula is C13H11Cl2FN2O2S. The van der Waals surface area contributed by atoms with E-state index in [1.807, 2.05) is 0 Å². The monoisotopic (exact) mass is 348 g/mol. The molecule has 0 atom stereocenters. The van der Waals surface area contributed by atoms with Gasteiger partial charge in [0.05, 0.1) is 9.92 Å². The summed E-state index contributed by atoms with van der Waals surface area (Å²) >= 11 is 11.6. The Labute approximate surface area is 131 Å². The Morgan fingerprint density at radius 2 is 1.90 bits per heavy atom. The van der Waals surface area contributed by atoms with Crippen molar-refractivity contribution in [1.29, 1.82) is 0 Å². The number of anilines is 2. The van der Waals surface area contributed by atoms with E-state index in [2.05, 4.69) is 4.72 Å². The fourth-order valence-electron chi connectivity index (χ4n) is 1.74. The van der Waals surface area contributed by atoms with Gasteiger partial charge in [-0.15, -0.1) is 0 Å². The van der Waals surface area contributed by atoms with Crippen molar-refractivity contribution in [2.75, 3.05) is 10.5 Å². The van der Waals surface area contributed by atoms with Gasteiger partial charge < -0.3 is 5.73 Å². The highest BCUT2D eigenvalue weighted by atomic mass is 35.5. The number of para-hydroxylation sites is 1. The zero-order valence-corrected chi connectivity index (χ0v) is 13.2. The zero-order valence-electron chi connectivity index (χ0n) is 10.8. The number of rotatable bonds is 3. The second kappa shape index (κ2) is 5.71. The van der Waals surface area contributed by atoms with Crippen molar-refractivity contribution in [2.24, 2.45) is 0 Å². The molecule has 0 aliphatic heterocycles. The Bertz CT molecular complexity index is 790. The zero-order chi connectivity index (χ0) is 15.8. The first-order valence-electron chi connectivity index (χ1n) is 5.75. The predicted octanol–water partition coefficient (Wildman–Crippen LogP) is 3.82. The van der Waals surface area contributed by atoms with Crippen LogP contribution in [-0.4, -0.2) is 8.42 Å². The lowest BCUT2D eigenvalue weighted by atomic mass is 10.2. The van der Waals surface area contributed by atoms with Gasteiger partial charge in [0.25, 0.3) is 10.0 Å². The third-order valence-electron chi connectivity index (χ3n) is 2.85. The molecule has 0 amide bonds. The first-order valence-corrected chi connectivity index (χ1v) is 7.99. The fourth-order valence-corrected chi connectivity index (χ4v) is 3.68. The third-order valence-corrected chi connectivity index (χ3v) is 4.86. The summed E-state index contributed by atoms with van der Waals surface area (Å²) < 4.78 is 40.6. The summed E-state index contributed by atoms with van der Waals surface area (Å²) in [6.07, 6.45) is 0. The van der Waals surface area contributed by atoms with Crippen LogP contribution in [0, 0.1) is 12.7 Å². The van der Waals surface area contributed by atoms with Crippen molar-refractivity contribution in [3.05, 3.63) is 51.8 Å². The highest BCUT2D eigenvalue weighted by Gasteiger charge is 2.22. The average molecular weight is 349 g/mol. The molecule has 0 unspecified atom stereocenters. The molecule has 4 nitrogen and oxygen atoms in total. The van der Waals surface area contributed by atoms with Crippen molar-refractivity contribution in [3.8, 4) is 0 Å². The lowest BCUT2D eigenvalue weighted by Crippen LogP contribution is -2.16. The van der Waals surface area contributed by atoms with E-state index in [1.54, 1.807) is 0 Å². The van der Waals surface area contributed by atoms with E-state index >= 15 is 0 Å². The minimum absolute atomic E-state index is 0.0498. The normalized spacial score (nSPS) is 11.4. The second-order valence-corrected chi connectivity index (χ2v) is 6.81. The van der Waals surface area contributed by atoms with E-state index in [0.717, 1.165) is 6.07 Å². The number of halogens is 3. The summed E-state index contributed by atoms with van der Waals surface area (Å²) in [6, 6.07) is 6.53. The molecule has 0 aliphatic rings. The molecule has 0 heterocycles. The molecule has 0 saturated carbocycles. The van der Waals surface area contributed by atoms with E-state index in [0.29, 0.717) is 5.56 Å². The van der Waals surface area contributed by atoms with E-state index in [1.165, 1.54) is 31.2 Å². The summed E-state index contributed by atoms with van der Waals surface area (Å²) in [5.74, 6) is -0.779. The molecule has 0 bridgehead atoms. The van der Waals surface area contributed by atoms with Crippen LogP contribution in [0.5, 0.6) is 0 Å². The van der Waals surface area contributed by atoms with Crippen LogP contribution < -0.4 is 10.5 Å². The van der Waals surface area contributed by atoms with Crippen molar-refractivity contribution >= 4 is 44.6 Å². The summed E-state index contributed by atoms with van der Waals surface area (Å²) in [6.45, 7) is 1.53. The van der Waals surface area contributed by atoms with Crippen LogP contribution in [0.15, 0.2) is 35.2 Å². The van der Waals surface area contributed by atoms with Crippen LogP contribution in [0.3, 0.4) is 0 Å². The van der Waals surface area contributed by atoms with Crippen LogP contribution in [0.1, 0.15) is 5.56 Å². The molecule has 0 aliphatic carbocycles. The van der Waals surface area contributed by atoms with Gasteiger partial charge in [-0.1, -0.05) is 29.3 Å². The lowest BCUT2D eigenvalue weighted by Gasteiger charge is -2.13. The number of sulfonamides is 1. The lowest BCUT2D eigenvalue weighted by molar-refractivity contribution is 0.598. The Morgan fingerprint density at radius 3 is 2.52 bits per heavy atom. The van der Waals surface area contributed by atoms with Crippen molar-refractivity contribution in [3.63, 3.8) is 0 Å². The molecule has 3 N–H and O–H groups in total. The Morgan fingerprint density at radius 1 is 1.24 bits per heavy atom. The van der Waals surface area contributed by atoms with E-state index in [9.17, 15) is 12.8 Å². The minimum atomic E-state index is -4.07. The van der Waals surface area contributed by atoms with E-state index in [-0.39, 0.29) is 26.3 Å². The van der Waals surface area contributed by atoms with Gasteiger partial charge in [-0.2, -0.15) is 0 Å². The summed E-state index contributed by atoms with van der Waals surface area (Å²) in [5, 5.41) is 0.115. The number of nitrogen functional groups attached to an aromatic ring is 1. The topological polar surface area (TPSA) is 72.2 Å². The first kappa shape index (κ1) is 15.9. The fraction of sp³-hybridized carbons (Fsp3) is 0.0769. The van der Waals surface area contributed by atoms with Crippen LogP contribution >= 0.6 is 23.2 Å². The SMILES string of the molecule is Cc1c(N)cc(Cl)cc1S(=O)(=O)Nc1c(F)cccc1Cl. The summed E-state index contributed by atoms with van der Waals surface area (Å²) in [5.41, 5.74) is 5.92. The largest absolute Gasteiger partial charge is 0.398 e. The molecule has 2 rings (SSSR count). The molecule has 0 saturated heterocycles. The van der Waals surface area contributed by atoms with Gasteiger partial charge >= 0.3 is 0 Å². The van der Waals surface area contributed by atoms with Crippen LogP contribution in [0.4, 0.5) is 15.8 Å². The Hall–Kier alpha value is -1.50. The summed E-state index contributed by atoms with van der Waals surface area (Å²) in [4.78, 5) is -0.133. The third kappa shape index (κ3) is 3.23. The van der Waals surface area contributed by atoms with Gasteiger partial charge in [-0.25, -0.2) is 12.8 Å². The van der Waals surface area contributed by atoms with Crippen LogP contribution in [-0.2, 0) is 10.0 Å². The molecule has 8 heteroatoms. The number of nitrogens with one attached hydrogen (secondary N) is 1. The molecule has 0 spiro atoms. The molecule has 112 valence electrons. The molecule has 0 radical (unpaired) electrons. The smallest absolute Gasteiger partial charge is 0.262 e.